The van der Waals surface area contributed by atoms with Crippen molar-refractivity contribution >= 4 is 0 Å². The second-order valence-corrected chi connectivity index (χ2v) is 4.78. The van der Waals surface area contributed by atoms with E-state index in [0.29, 0.717) is 17.2 Å². The third-order valence-electron chi connectivity index (χ3n) is 3.08. The molecule has 0 aliphatic rings. The Morgan fingerprint density at radius 2 is 1.62 bits per heavy atom. The minimum absolute atomic E-state index is 0.144. The van der Waals surface area contributed by atoms with E-state index in [1.54, 1.807) is 13.0 Å². The first-order valence-corrected chi connectivity index (χ1v) is 6.08. The van der Waals surface area contributed by atoms with Crippen molar-refractivity contribution in [3.8, 4) is 0 Å². The van der Waals surface area contributed by atoms with E-state index in [1.807, 2.05) is 0 Å². The molecule has 0 amide bonds. The largest absolute Gasteiger partial charge is 0.419 e. The second kappa shape index (κ2) is 5.44. The zero-order valence-corrected chi connectivity index (χ0v) is 11.0. The lowest BCUT2D eigenvalue weighted by molar-refractivity contribution is -0.140. The van der Waals surface area contributed by atoms with E-state index in [2.05, 4.69) is 0 Å². The Labute approximate surface area is 118 Å². The number of aryl methyl sites for hydroxylation is 1. The van der Waals surface area contributed by atoms with Crippen LogP contribution in [0, 0.1) is 18.6 Å². The third kappa shape index (κ3) is 3.39. The predicted molar refractivity (Wildman–Crippen MR) is 68.6 cm³/mol. The van der Waals surface area contributed by atoms with Crippen molar-refractivity contribution in [2.75, 3.05) is 0 Å². The number of benzene rings is 2. The summed E-state index contributed by atoms with van der Waals surface area (Å²) in [6.07, 6.45) is -4.76. The number of rotatable bonds is 2. The van der Waals surface area contributed by atoms with E-state index in [4.69, 9.17) is 5.73 Å². The lowest BCUT2D eigenvalue weighted by Gasteiger charge is -2.15. The van der Waals surface area contributed by atoms with Gasteiger partial charge in [0.25, 0.3) is 0 Å². The topological polar surface area (TPSA) is 26.0 Å². The van der Waals surface area contributed by atoms with Crippen LogP contribution in [-0.2, 0) is 6.18 Å². The second-order valence-electron chi connectivity index (χ2n) is 4.78. The van der Waals surface area contributed by atoms with Crippen LogP contribution in [0.15, 0.2) is 36.4 Å². The van der Waals surface area contributed by atoms with Crippen LogP contribution in [0.4, 0.5) is 22.0 Å². The fraction of sp³-hybridized carbons (Fsp3) is 0.200. The maximum Gasteiger partial charge on any atom is 0.419 e. The molecule has 0 spiro atoms. The lowest BCUT2D eigenvalue weighted by atomic mass is 9.97. The van der Waals surface area contributed by atoms with Gasteiger partial charge in [-0.3, -0.25) is 0 Å². The van der Waals surface area contributed by atoms with Crippen LogP contribution >= 0.6 is 0 Å². The summed E-state index contributed by atoms with van der Waals surface area (Å²) in [5.41, 5.74) is 5.64. The summed E-state index contributed by atoms with van der Waals surface area (Å²) in [6.45, 7) is 1.66. The Morgan fingerprint density at radius 1 is 0.952 bits per heavy atom. The first kappa shape index (κ1) is 15.4. The summed E-state index contributed by atoms with van der Waals surface area (Å²) >= 11 is 0. The number of alkyl halides is 3. The van der Waals surface area contributed by atoms with Gasteiger partial charge in [-0.15, -0.1) is 0 Å². The van der Waals surface area contributed by atoms with Crippen LogP contribution in [0.3, 0.4) is 0 Å². The van der Waals surface area contributed by atoms with Crippen molar-refractivity contribution in [2.24, 2.45) is 5.73 Å². The maximum atomic E-state index is 13.5. The van der Waals surface area contributed by atoms with Gasteiger partial charge in [-0.25, -0.2) is 8.78 Å². The average Bonchev–Trinajstić information content (AvgIpc) is 2.35. The van der Waals surface area contributed by atoms with Crippen molar-refractivity contribution < 1.29 is 22.0 Å². The van der Waals surface area contributed by atoms with Crippen LogP contribution < -0.4 is 5.73 Å². The lowest BCUT2D eigenvalue weighted by Crippen LogP contribution is -2.14. The minimum atomic E-state index is -4.76. The highest BCUT2D eigenvalue weighted by Crippen LogP contribution is 2.33. The smallest absolute Gasteiger partial charge is 0.320 e. The molecule has 1 unspecified atom stereocenters. The molecule has 1 atom stereocenters. The molecule has 0 saturated heterocycles. The summed E-state index contributed by atoms with van der Waals surface area (Å²) in [6, 6.07) is 5.62. The Morgan fingerprint density at radius 3 is 2.14 bits per heavy atom. The Bertz CT molecular complexity index is 643. The van der Waals surface area contributed by atoms with Gasteiger partial charge in [-0.05, 0) is 47.9 Å². The Balaban J connectivity index is 2.40. The monoisotopic (exact) mass is 301 g/mol. The highest BCUT2D eigenvalue weighted by molar-refractivity contribution is 5.36. The summed E-state index contributed by atoms with van der Waals surface area (Å²) in [4.78, 5) is 0. The molecule has 0 aliphatic carbocycles. The van der Waals surface area contributed by atoms with Crippen LogP contribution in [0.25, 0.3) is 0 Å². The van der Waals surface area contributed by atoms with Gasteiger partial charge in [0.2, 0.25) is 0 Å². The predicted octanol–water partition coefficient (Wildman–Crippen LogP) is 4.34. The number of nitrogens with two attached hydrogens (primary N) is 1. The van der Waals surface area contributed by atoms with E-state index < -0.39 is 29.4 Å². The SMILES string of the molecule is Cc1cc(F)cc(C(N)c2ccc(C(F)(F)F)c(F)c2)c1. The molecule has 0 heterocycles. The van der Waals surface area contributed by atoms with Crippen molar-refractivity contribution in [1.29, 1.82) is 0 Å². The number of hydrogen-bond donors (Lipinski definition) is 1. The zero-order chi connectivity index (χ0) is 15.8. The Hall–Kier alpha value is -1.95. The molecule has 0 saturated carbocycles. The van der Waals surface area contributed by atoms with Crippen LogP contribution in [0.5, 0.6) is 0 Å². The molecule has 112 valence electrons. The van der Waals surface area contributed by atoms with E-state index in [-0.39, 0.29) is 5.56 Å². The molecule has 2 rings (SSSR count). The van der Waals surface area contributed by atoms with Crippen molar-refractivity contribution in [2.45, 2.75) is 19.1 Å². The van der Waals surface area contributed by atoms with Crippen molar-refractivity contribution in [1.82, 2.24) is 0 Å². The molecule has 0 radical (unpaired) electrons. The standard InChI is InChI=1S/C15H12F5N/c1-8-4-10(6-11(16)5-8)14(21)9-2-3-12(13(17)7-9)15(18,19)20/h2-7,14H,21H2,1H3. The molecule has 6 heteroatoms. The first-order chi connectivity index (χ1) is 9.68. The molecule has 0 aromatic heterocycles. The first-order valence-electron chi connectivity index (χ1n) is 6.08. The number of hydrogen-bond acceptors (Lipinski definition) is 1. The molecule has 0 bridgehead atoms. The summed E-state index contributed by atoms with van der Waals surface area (Å²) in [5.74, 6) is -1.91. The highest BCUT2D eigenvalue weighted by Gasteiger charge is 2.34. The van der Waals surface area contributed by atoms with Gasteiger partial charge < -0.3 is 5.73 Å². The molecule has 2 aromatic rings. The highest BCUT2D eigenvalue weighted by atomic mass is 19.4. The molecule has 2 aromatic carbocycles. The van der Waals surface area contributed by atoms with E-state index in [1.165, 1.54) is 12.1 Å². The van der Waals surface area contributed by atoms with Gasteiger partial charge in [-0.2, -0.15) is 13.2 Å². The zero-order valence-electron chi connectivity index (χ0n) is 11.0. The van der Waals surface area contributed by atoms with Crippen molar-refractivity contribution in [3.05, 3.63) is 70.3 Å². The minimum Gasteiger partial charge on any atom is -0.320 e. The van der Waals surface area contributed by atoms with Gasteiger partial charge in [-0.1, -0.05) is 12.1 Å². The van der Waals surface area contributed by atoms with Crippen molar-refractivity contribution in [3.63, 3.8) is 0 Å². The average molecular weight is 301 g/mol. The molecular weight excluding hydrogens is 289 g/mol. The van der Waals surface area contributed by atoms with Gasteiger partial charge >= 0.3 is 6.18 Å². The summed E-state index contributed by atoms with van der Waals surface area (Å²) in [7, 11) is 0. The fourth-order valence-corrected chi connectivity index (χ4v) is 2.09. The van der Waals surface area contributed by atoms with E-state index >= 15 is 0 Å². The Kier molecular flexibility index (Phi) is 4.00. The molecule has 21 heavy (non-hydrogen) atoms. The molecule has 2 N–H and O–H groups in total. The van der Waals surface area contributed by atoms with Crippen LogP contribution in [0.1, 0.15) is 28.3 Å². The van der Waals surface area contributed by atoms with Crippen LogP contribution in [-0.4, -0.2) is 0 Å². The summed E-state index contributed by atoms with van der Waals surface area (Å²) < 4.78 is 64.3. The van der Waals surface area contributed by atoms with Gasteiger partial charge in [0.15, 0.2) is 0 Å². The quantitative estimate of drug-likeness (QED) is 0.820. The third-order valence-corrected chi connectivity index (χ3v) is 3.08. The van der Waals surface area contributed by atoms with Crippen LogP contribution in [0.2, 0.25) is 0 Å². The summed E-state index contributed by atoms with van der Waals surface area (Å²) in [5, 5.41) is 0. The van der Waals surface area contributed by atoms with Gasteiger partial charge in [0.05, 0.1) is 11.6 Å². The van der Waals surface area contributed by atoms with Gasteiger partial charge in [0.1, 0.15) is 11.6 Å². The van der Waals surface area contributed by atoms with Gasteiger partial charge in [0, 0.05) is 0 Å². The van der Waals surface area contributed by atoms with E-state index in [9.17, 15) is 22.0 Å². The molecule has 1 nitrogen and oxygen atoms in total. The molecule has 0 aliphatic heterocycles. The fourth-order valence-electron chi connectivity index (χ4n) is 2.09. The number of halogens is 5. The molecular formula is C15H12F5N. The molecule has 0 fully saturated rings. The maximum absolute atomic E-state index is 13.5. The normalized spacial score (nSPS) is 13.3. The van der Waals surface area contributed by atoms with E-state index in [0.717, 1.165) is 12.1 Å².